The van der Waals surface area contributed by atoms with Crippen molar-refractivity contribution in [3.8, 4) is 0 Å². The number of aryl methyl sites for hydroxylation is 1. The van der Waals surface area contributed by atoms with Gasteiger partial charge in [0.15, 0.2) is 0 Å². The van der Waals surface area contributed by atoms with Crippen molar-refractivity contribution < 1.29 is 4.39 Å². The molecule has 2 atom stereocenters. The van der Waals surface area contributed by atoms with Crippen molar-refractivity contribution in [2.24, 2.45) is 5.92 Å². The molecule has 0 spiro atoms. The van der Waals surface area contributed by atoms with E-state index in [9.17, 15) is 4.39 Å². The van der Waals surface area contributed by atoms with E-state index >= 15 is 0 Å². The quantitative estimate of drug-likeness (QED) is 0.697. The van der Waals surface area contributed by atoms with E-state index in [0.29, 0.717) is 5.92 Å². The summed E-state index contributed by atoms with van der Waals surface area (Å²) in [6.07, 6.45) is 5.95. The SMILES string of the molecule is CCCCC(CC)CC(NC)c1ccc(C)cc1F. The molecule has 0 bridgehead atoms. The molecular weight excluding hydrogens is 237 g/mol. The van der Waals surface area contributed by atoms with E-state index in [1.165, 1.54) is 25.7 Å². The molecule has 0 radical (unpaired) electrons. The lowest BCUT2D eigenvalue weighted by Crippen LogP contribution is -2.21. The van der Waals surface area contributed by atoms with Crippen molar-refractivity contribution in [1.82, 2.24) is 5.32 Å². The zero-order valence-electron chi connectivity index (χ0n) is 12.8. The summed E-state index contributed by atoms with van der Waals surface area (Å²) < 4.78 is 14.1. The van der Waals surface area contributed by atoms with Crippen LogP contribution in [0.5, 0.6) is 0 Å². The van der Waals surface area contributed by atoms with Crippen LogP contribution in [0.1, 0.15) is 63.1 Å². The normalized spacial score (nSPS) is 14.4. The standard InChI is InChI=1S/C17H28FN/c1-5-7-8-14(6-2)12-17(19-4)15-10-9-13(3)11-16(15)18/h9-11,14,17,19H,5-8,12H2,1-4H3. The van der Waals surface area contributed by atoms with Crippen LogP contribution < -0.4 is 5.32 Å². The fourth-order valence-corrected chi connectivity index (χ4v) is 2.63. The van der Waals surface area contributed by atoms with Crippen LogP contribution in [0.25, 0.3) is 0 Å². The van der Waals surface area contributed by atoms with Crippen LogP contribution in [0.15, 0.2) is 18.2 Å². The van der Waals surface area contributed by atoms with E-state index in [0.717, 1.165) is 17.5 Å². The van der Waals surface area contributed by atoms with Gasteiger partial charge in [0.25, 0.3) is 0 Å². The summed E-state index contributed by atoms with van der Waals surface area (Å²) in [5.74, 6) is 0.600. The van der Waals surface area contributed by atoms with Gasteiger partial charge in [-0.1, -0.05) is 51.7 Å². The van der Waals surface area contributed by atoms with Gasteiger partial charge in [0, 0.05) is 11.6 Å². The fourth-order valence-electron chi connectivity index (χ4n) is 2.63. The maximum atomic E-state index is 14.1. The third-order valence-corrected chi connectivity index (χ3v) is 3.99. The summed E-state index contributed by atoms with van der Waals surface area (Å²) in [6.45, 7) is 6.39. The molecule has 2 unspecified atom stereocenters. The van der Waals surface area contributed by atoms with Crippen LogP contribution in [0.2, 0.25) is 0 Å². The summed E-state index contributed by atoms with van der Waals surface area (Å²) in [4.78, 5) is 0. The molecule has 1 N–H and O–H groups in total. The third kappa shape index (κ3) is 4.94. The average molecular weight is 265 g/mol. The molecule has 0 saturated heterocycles. The molecule has 0 heterocycles. The molecule has 0 aromatic heterocycles. The van der Waals surface area contributed by atoms with Crippen molar-refractivity contribution in [2.45, 2.75) is 58.9 Å². The highest BCUT2D eigenvalue weighted by atomic mass is 19.1. The molecule has 0 saturated carbocycles. The Morgan fingerprint density at radius 2 is 2.00 bits per heavy atom. The molecule has 2 heteroatoms. The van der Waals surface area contributed by atoms with Crippen molar-refractivity contribution in [3.05, 3.63) is 35.1 Å². The van der Waals surface area contributed by atoms with Crippen LogP contribution in [0.3, 0.4) is 0 Å². The highest BCUT2D eigenvalue weighted by Gasteiger charge is 2.18. The summed E-state index contributed by atoms with van der Waals surface area (Å²) in [7, 11) is 1.93. The van der Waals surface area contributed by atoms with Crippen LogP contribution in [0.4, 0.5) is 4.39 Å². The summed E-state index contributed by atoms with van der Waals surface area (Å²) >= 11 is 0. The summed E-state index contributed by atoms with van der Waals surface area (Å²) in [6, 6.07) is 5.68. The highest BCUT2D eigenvalue weighted by molar-refractivity contribution is 5.26. The molecular formula is C17H28FN. The van der Waals surface area contributed by atoms with Gasteiger partial charge in [-0.3, -0.25) is 0 Å². The molecule has 1 rings (SSSR count). The van der Waals surface area contributed by atoms with Crippen LogP contribution in [-0.2, 0) is 0 Å². The predicted molar refractivity (Wildman–Crippen MR) is 80.9 cm³/mol. The number of unbranched alkanes of at least 4 members (excludes halogenated alkanes) is 1. The molecule has 0 aliphatic carbocycles. The molecule has 1 aromatic carbocycles. The Hall–Kier alpha value is -0.890. The first-order valence-corrected chi connectivity index (χ1v) is 7.55. The van der Waals surface area contributed by atoms with Crippen molar-refractivity contribution in [2.75, 3.05) is 7.05 Å². The Kier molecular flexibility index (Phi) is 7.07. The van der Waals surface area contributed by atoms with Gasteiger partial charge in [0.05, 0.1) is 0 Å². The lowest BCUT2D eigenvalue weighted by atomic mass is 9.89. The van der Waals surface area contributed by atoms with Crippen molar-refractivity contribution in [1.29, 1.82) is 0 Å². The lowest BCUT2D eigenvalue weighted by Gasteiger charge is -2.23. The number of hydrogen-bond acceptors (Lipinski definition) is 1. The Bertz CT molecular complexity index is 376. The number of halogens is 1. The Morgan fingerprint density at radius 3 is 2.53 bits per heavy atom. The van der Waals surface area contributed by atoms with E-state index in [2.05, 4.69) is 19.2 Å². The topological polar surface area (TPSA) is 12.0 Å². The van der Waals surface area contributed by atoms with Crippen LogP contribution in [-0.4, -0.2) is 7.05 Å². The minimum atomic E-state index is -0.0790. The second-order valence-corrected chi connectivity index (χ2v) is 5.52. The Balaban J connectivity index is 2.76. The van der Waals surface area contributed by atoms with Gasteiger partial charge in [-0.15, -0.1) is 0 Å². The third-order valence-electron chi connectivity index (χ3n) is 3.99. The first kappa shape index (κ1) is 16.2. The van der Waals surface area contributed by atoms with Crippen LogP contribution in [0, 0.1) is 18.7 Å². The maximum absolute atomic E-state index is 14.1. The van der Waals surface area contributed by atoms with Gasteiger partial charge in [-0.2, -0.15) is 0 Å². The largest absolute Gasteiger partial charge is 0.313 e. The molecule has 108 valence electrons. The molecule has 0 aliphatic heterocycles. The van der Waals surface area contributed by atoms with Gasteiger partial charge in [0.1, 0.15) is 5.82 Å². The zero-order valence-corrected chi connectivity index (χ0v) is 12.8. The lowest BCUT2D eigenvalue weighted by molar-refractivity contribution is 0.359. The first-order valence-electron chi connectivity index (χ1n) is 7.55. The van der Waals surface area contributed by atoms with E-state index in [1.807, 2.05) is 26.1 Å². The van der Waals surface area contributed by atoms with E-state index in [-0.39, 0.29) is 11.9 Å². The second kappa shape index (κ2) is 8.31. The highest BCUT2D eigenvalue weighted by Crippen LogP contribution is 2.28. The first-order chi connectivity index (χ1) is 9.12. The summed E-state index contributed by atoms with van der Waals surface area (Å²) in [5.41, 5.74) is 1.79. The average Bonchev–Trinajstić information content (AvgIpc) is 2.40. The molecule has 0 aliphatic rings. The molecule has 1 aromatic rings. The Labute approximate surface area is 117 Å². The smallest absolute Gasteiger partial charge is 0.128 e. The minimum Gasteiger partial charge on any atom is -0.313 e. The second-order valence-electron chi connectivity index (χ2n) is 5.52. The van der Waals surface area contributed by atoms with Gasteiger partial charge in [0.2, 0.25) is 0 Å². The van der Waals surface area contributed by atoms with Crippen molar-refractivity contribution >= 4 is 0 Å². The molecule has 0 amide bonds. The Morgan fingerprint density at radius 1 is 1.26 bits per heavy atom. The number of hydrogen-bond donors (Lipinski definition) is 1. The minimum absolute atomic E-state index is 0.0790. The van der Waals surface area contributed by atoms with E-state index in [1.54, 1.807) is 6.07 Å². The van der Waals surface area contributed by atoms with E-state index in [4.69, 9.17) is 0 Å². The van der Waals surface area contributed by atoms with E-state index < -0.39 is 0 Å². The van der Waals surface area contributed by atoms with Gasteiger partial charge in [-0.25, -0.2) is 4.39 Å². The van der Waals surface area contributed by atoms with Gasteiger partial charge in [-0.05, 0) is 37.9 Å². The fraction of sp³-hybridized carbons (Fsp3) is 0.647. The van der Waals surface area contributed by atoms with Gasteiger partial charge < -0.3 is 5.32 Å². The van der Waals surface area contributed by atoms with Crippen LogP contribution >= 0.6 is 0 Å². The zero-order chi connectivity index (χ0) is 14.3. The monoisotopic (exact) mass is 265 g/mol. The van der Waals surface area contributed by atoms with Crippen molar-refractivity contribution in [3.63, 3.8) is 0 Å². The molecule has 0 fully saturated rings. The molecule has 19 heavy (non-hydrogen) atoms. The number of benzene rings is 1. The summed E-state index contributed by atoms with van der Waals surface area (Å²) in [5, 5.41) is 3.28. The number of rotatable bonds is 8. The number of nitrogens with one attached hydrogen (secondary N) is 1. The van der Waals surface area contributed by atoms with Gasteiger partial charge >= 0.3 is 0 Å². The maximum Gasteiger partial charge on any atom is 0.128 e. The molecule has 1 nitrogen and oxygen atoms in total. The predicted octanol–water partition coefficient (Wildman–Crippen LogP) is 5.00.